The lowest BCUT2D eigenvalue weighted by atomic mass is 10.1. The smallest absolute Gasteiger partial charge is 0.0601 e. The molecule has 0 aromatic carbocycles. The van der Waals surface area contributed by atoms with Crippen LogP contribution in [-0.2, 0) is 6.54 Å². The van der Waals surface area contributed by atoms with Gasteiger partial charge < -0.3 is 10.2 Å². The lowest BCUT2D eigenvalue weighted by Crippen LogP contribution is -2.36. The third-order valence-corrected chi connectivity index (χ3v) is 2.88. The average molecular weight is 261 g/mol. The number of hydrogen-bond acceptors (Lipinski definition) is 3. The predicted molar refractivity (Wildman–Crippen MR) is 83.5 cm³/mol. The molecule has 1 aromatic heterocycles. The van der Waals surface area contributed by atoms with Crippen molar-refractivity contribution in [1.82, 2.24) is 10.3 Å². The lowest BCUT2D eigenvalue weighted by Gasteiger charge is -2.27. The molecule has 1 rings (SSSR count). The molecule has 0 atom stereocenters. The Balaban J connectivity index is 2.89. The molecule has 106 valence electrons. The van der Waals surface area contributed by atoms with Crippen molar-refractivity contribution < 1.29 is 0 Å². The van der Waals surface area contributed by atoms with E-state index >= 15 is 0 Å². The van der Waals surface area contributed by atoms with Gasteiger partial charge in [0.15, 0.2) is 0 Å². The molecule has 0 aliphatic heterocycles. The van der Waals surface area contributed by atoms with Gasteiger partial charge in [0.1, 0.15) is 0 Å². The fourth-order valence-corrected chi connectivity index (χ4v) is 1.95. The zero-order chi connectivity index (χ0) is 14.3. The van der Waals surface area contributed by atoms with Crippen molar-refractivity contribution in [3.63, 3.8) is 0 Å². The van der Waals surface area contributed by atoms with Gasteiger partial charge in [-0.3, -0.25) is 4.98 Å². The Bertz CT molecular complexity index is 393. The fourth-order valence-electron chi connectivity index (χ4n) is 1.95. The van der Waals surface area contributed by atoms with Crippen molar-refractivity contribution in [3.05, 3.63) is 36.7 Å². The molecule has 0 unspecified atom stereocenters. The number of pyridine rings is 1. The Hall–Kier alpha value is -1.35. The van der Waals surface area contributed by atoms with Crippen molar-refractivity contribution in [2.24, 2.45) is 0 Å². The van der Waals surface area contributed by atoms with Gasteiger partial charge >= 0.3 is 0 Å². The minimum atomic E-state index is 0.120. The second-order valence-corrected chi connectivity index (χ2v) is 5.84. The first-order valence-electron chi connectivity index (χ1n) is 7.01. The van der Waals surface area contributed by atoms with Gasteiger partial charge in [-0.2, -0.15) is 0 Å². The van der Waals surface area contributed by atoms with E-state index in [2.05, 4.69) is 55.5 Å². The number of nitrogens with one attached hydrogen (secondary N) is 1. The van der Waals surface area contributed by atoms with Gasteiger partial charge in [-0.05, 0) is 38.8 Å². The molecule has 19 heavy (non-hydrogen) atoms. The first-order chi connectivity index (χ1) is 8.98. The summed E-state index contributed by atoms with van der Waals surface area (Å²) in [5, 5.41) is 3.54. The Morgan fingerprint density at radius 2 is 2.16 bits per heavy atom. The van der Waals surface area contributed by atoms with Gasteiger partial charge in [0.2, 0.25) is 0 Å². The number of aromatic nitrogens is 1. The van der Waals surface area contributed by atoms with Crippen molar-refractivity contribution in [2.75, 3.05) is 18.0 Å². The Kier molecular flexibility index (Phi) is 6.03. The highest BCUT2D eigenvalue weighted by Crippen LogP contribution is 2.20. The van der Waals surface area contributed by atoms with E-state index in [1.807, 2.05) is 18.5 Å². The summed E-state index contributed by atoms with van der Waals surface area (Å²) in [6.45, 7) is 15.3. The van der Waals surface area contributed by atoms with Gasteiger partial charge in [-0.25, -0.2) is 0 Å². The van der Waals surface area contributed by atoms with E-state index in [0.29, 0.717) is 0 Å². The number of nitrogens with zero attached hydrogens (tertiary/aromatic N) is 2. The summed E-state index contributed by atoms with van der Waals surface area (Å²) in [6.07, 6.45) is 6.89. The molecule has 0 fully saturated rings. The van der Waals surface area contributed by atoms with Crippen LogP contribution in [0.15, 0.2) is 31.1 Å². The maximum atomic E-state index is 4.27. The van der Waals surface area contributed by atoms with Crippen LogP contribution in [0.5, 0.6) is 0 Å². The summed E-state index contributed by atoms with van der Waals surface area (Å²) in [7, 11) is 0. The van der Waals surface area contributed by atoms with E-state index in [9.17, 15) is 0 Å². The van der Waals surface area contributed by atoms with Crippen LogP contribution in [0.3, 0.4) is 0 Å². The van der Waals surface area contributed by atoms with Crippen molar-refractivity contribution in [1.29, 1.82) is 0 Å². The summed E-state index contributed by atoms with van der Waals surface area (Å²) in [6, 6.07) is 2.10. The molecule has 0 saturated heterocycles. The van der Waals surface area contributed by atoms with Gasteiger partial charge in [-0.15, -0.1) is 6.58 Å². The first kappa shape index (κ1) is 15.7. The minimum Gasteiger partial charge on any atom is -0.366 e. The summed E-state index contributed by atoms with van der Waals surface area (Å²) < 4.78 is 0. The van der Waals surface area contributed by atoms with Gasteiger partial charge in [-0.1, -0.05) is 13.0 Å². The van der Waals surface area contributed by atoms with Crippen LogP contribution >= 0.6 is 0 Å². The molecule has 0 aliphatic carbocycles. The minimum absolute atomic E-state index is 0.120. The standard InChI is InChI=1S/C16H27N3/c1-6-10-19(11-7-2)15-13-17-9-8-14(15)12-18-16(3,4)5/h6,8-9,13,18H,1,7,10-12H2,2-5H3. The third kappa shape index (κ3) is 5.43. The van der Waals surface area contributed by atoms with Gasteiger partial charge in [0.25, 0.3) is 0 Å². The zero-order valence-electron chi connectivity index (χ0n) is 12.7. The van der Waals surface area contributed by atoms with Gasteiger partial charge in [0.05, 0.1) is 11.9 Å². The number of hydrogen-bond donors (Lipinski definition) is 1. The molecule has 1 aromatic rings. The van der Waals surface area contributed by atoms with E-state index in [0.717, 1.165) is 26.1 Å². The van der Waals surface area contributed by atoms with Crippen molar-refractivity contribution in [3.8, 4) is 0 Å². The van der Waals surface area contributed by atoms with E-state index in [1.54, 1.807) is 0 Å². The van der Waals surface area contributed by atoms with E-state index in [-0.39, 0.29) is 5.54 Å². The molecule has 0 saturated carbocycles. The maximum absolute atomic E-state index is 4.27. The summed E-state index contributed by atoms with van der Waals surface area (Å²) in [4.78, 5) is 6.60. The van der Waals surface area contributed by atoms with Crippen LogP contribution in [0.1, 0.15) is 39.7 Å². The Morgan fingerprint density at radius 1 is 1.42 bits per heavy atom. The molecule has 0 amide bonds. The molecule has 1 N–H and O–H groups in total. The molecule has 1 heterocycles. The molecular weight excluding hydrogens is 234 g/mol. The molecule has 3 heteroatoms. The molecule has 0 radical (unpaired) electrons. The average Bonchev–Trinajstić information content (AvgIpc) is 2.36. The SMILES string of the molecule is C=CCN(CCC)c1cnccc1CNC(C)(C)C. The molecule has 3 nitrogen and oxygen atoms in total. The van der Waals surface area contributed by atoms with Crippen molar-refractivity contribution in [2.45, 2.75) is 46.2 Å². The number of rotatable bonds is 7. The highest BCUT2D eigenvalue weighted by Gasteiger charge is 2.13. The monoisotopic (exact) mass is 261 g/mol. The number of anilines is 1. The van der Waals surface area contributed by atoms with Crippen LogP contribution in [0.25, 0.3) is 0 Å². The summed E-state index contributed by atoms with van der Waals surface area (Å²) in [5.41, 5.74) is 2.62. The Labute approximate surface area is 117 Å². The van der Waals surface area contributed by atoms with Crippen LogP contribution in [0.2, 0.25) is 0 Å². The third-order valence-electron chi connectivity index (χ3n) is 2.88. The lowest BCUT2D eigenvalue weighted by molar-refractivity contribution is 0.424. The van der Waals surface area contributed by atoms with Crippen LogP contribution in [0.4, 0.5) is 5.69 Å². The van der Waals surface area contributed by atoms with Crippen LogP contribution in [0, 0.1) is 0 Å². The Morgan fingerprint density at radius 3 is 2.74 bits per heavy atom. The largest absolute Gasteiger partial charge is 0.366 e. The summed E-state index contributed by atoms with van der Waals surface area (Å²) >= 11 is 0. The quantitative estimate of drug-likeness (QED) is 0.763. The zero-order valence-corrected chi connectivity index (χ0v) is 12.7. The topological polar surface area (TPSA) is 28.2 Å². The highest BCUT2D eigenvalue weighted by molar-refractivity contribution is 5.52. The molecular formula is C16H27N3. The summed E-state index contributed by atoms with van der Waals surface area (Å²) in [5.74, 6) is 0. The second kappa shape index (κ2) is 7.29. The van der Waals surface area contributed by atoms with Crippen LogP contribution < -0.4 is 10.2 Å². The maximum Gasteiger partial charge on any atom is 0.0601 e. The normalized spacial score (nSPS) is 11.4. The molecule has 0 spiro atoms. The fraction of sp³-hybridized carbons (Fsp3) is 0.562. The molecule has 0 bridgehead atoms. The first-order valence-corrected chi connectivity index (χ1v) is 7.01. The second-order valence-electron chi connectivity index (χ2n) is 5.84. The van der Waals surface area contributed by atoms with Crippen LogP contribution in [-0.4, -0.2) is 23.6 Å². The molecule has 0 aliphatic rings. The highest BCUT2D eigenvalue weighted by atomic mass is 15.1. The van der Waals surface area contributed by atoms with E-state index in [4.69, 9.17) is 0 Å². The van der Waals surface area contributed by atoms with E-state index in [1.165, 1.54) is 11.3 Å². The van der Waals surface area contributed by atoms with Gasteiger partial charge in [0, 0.05) is 31.4 Å². The van der Waals surface area contributed by atoms with Crippen molar-refractivity contribution >= 4 is 5.69 Å². The van der Waals surface area contributed by atoms with E-state index < -0.39 is 0 Å². The predicted octanol–water partition coefficient (Wildman–Crippen LogP) is 3.37.